The van der Waals surface area contributed by atoms with E-state index in [-0.39, 0.29) is 5.78 Å². The number of aromatic amines is 1. The molecule has 0 saturated heterocycles. The molecule has 1 aromatic heterocycles. The number of rotatable bonds is 5. The van der Waals surface area contributed by atoms with Crippen LogP contribution in [0.2, 0.25) is 0 Å². The van der Waals surface area contributed by atoms with Crippen molar-refractivity contribution < 1.29 is 4.79 Å². The zero-order valence-electron chi connectivity index (χ0n) is 6.85. The lowest BCUT2D eigenvalue weighted by Gasteiger charge is -1.95. The van der Waals surface area contributed by atoms with Crippen molar-refractivity contribution in [3.05, 3.63) is 24.0 Å². The molecule has 1 rings (SSSR count). The number of ketones is 1. The van der Waals surface area contributed by atoms with Gasteiger partial charge in [0.25, 0.3) is 0 Å². The van der Waals surface area contributed by atoms with Gasteiger partial charge in [0.05, 0.1) is 0 Å². The van der Waals surface area contributed by atoms with Crippen LogP contribution >= 0.6 is 11.6 Å². The Kier molecular flexibility index (Phi) is 3.88. The largest absolute Gasteiger partial charge is 0.367 e. The van der Waals surface area contributed by atoms with E-state index < -0.39 is 0 Å². The number of H-pyrrole nitrogens is 1. The summed E-state index contributed by atoms with van der Waals surface area (Å²) in [6.45, 7) is 0. The molecule has 1 N–H and O–H groups in total. The Labute approximate surface area is 76.9 Å². The molecule has 2 nitrogen and oxygen atoms in total. The van der Waals surface area contributed by atoms with Crippen molar-refractivity contribution >= 4 is 17.4 Å². The zero-order valence-corrected chi connectivity index (χ0v) is 7.60. The van der Waals surface area contributed by atoms with Crippen LogP contribution in [0, 0.1) is 0 Å². The minimum Gasteiger partial charge on any atom is -0.367 e. The van der Waals surface area contributed by atoms with E-state index in [4.69, 9.17) is 11.6 Å². The van der Waals surface area contributed by atoms with Gasteiger partial charge < -0.3 is 4.98 Å². The Balaban J connectivity index is 2.30. The molecule has 0 aliphatic carbocycles. The van der Waals surface area contributed by atoms with E-state index >= 15 is 0 Å². The minimum absolute atomic E-state index is 0.196. The average Bonchev–Trinajstić information content (AvgIpc) is 2.56. The van der Waals surface area contributed by atoms with E-state index in [0.29, 0.717) is 12.3 Å². The topological polar surface area (TPSA) is 32.9 Å². The summed E-state index contributed by atoms with van der Waals surface area (Å²) in [5.41, 5.74) is 0.768. The summed E-state index contributed by atoms with van der Waals surface area (Å²) < 4.78 is 0. The molecule has 1 aromatic rings. The van der Waals surface area contributed by atoms with Crippen LogP contribution in [0.25, 0.3) is 0 Å². The molecule has 0 unspecified atom stereocenters. The third-order valence-electron chi connectivity index (χ3n) is 1.71. The molecule has 0 aliphatic heterocycles. The smallest absolute Gasteiger partial charge is 0.164 e. The molecule has 0 radical (unpaired) electrons. The SMILES string of the molecule is O=C(CCCCCl)c1cc[nH]c1. The molecule has 0 aromatic carbocycles. The number of carbonyl (C=O) groups excluding carboxylic acids is 1. The van der Waals surface area contributed by atoms with Crippen LogP contribution in [0.15, 0.2) is 18.5 Å². The van der Waals surface area contributed by atoms with E-state index in [1.54, 1.807) is 18.5 Å². The van der Waals surface area contributed by atoms with Gasteiger partial charge in [-0.05, 0) is 18.9 Å². The predicted molar refractivity (Wildman–Crippen MR) is 49.7 cm³/mol. The van der Waals surface area contributed by atoms with Crippen LogP contribution < -0.4 is 0 Å². The van der Waals surface area contributed by atoms with Crippen molar-refractivity contribution in [1.82, 2.24) is 4.98 Å². The molecule has 0 saturated carbocycles. The number of alkyl halides is 1. The molecule has 0 bridgehead atoms. The highest BCUT2D eigenvalue weighted by atomic mass is 35.5. The Bertz CT molecular complexity index is 231. The van der Waals surface area contributed by atoms with Crippen LogP contribution in [0.5, 0.6) is 0 Å². The van der Waals surface area contributed by atoms with Gasteiger partial charge >= 0.3 is 0 Å². The summed E-state index contributed by atoms with van der Waals surface area (Å²) in [7, 11) is 0. The second-order valence-corrected chi connectivity index (χ2v) is 3.05. The van der Waals surface area contributed by atoms with Crippen molar-refractivity contribution in [3.8, 4) is 0 Å². The Morgan fingerprint density at radius 2 is 2.33 bits per heavy atom. The van der Waals surface area contributed by atoms with Crippen LogP contribution in [-0.2, 0) is 0 Å². The fraction of sp³-hybridized carbons (Fsp3) is 0.444. The first-order chi connectivity index (χ1) is 5.84. The highest BCUT2D eigenvalue weighted by molar-refractivity contribution is 6.17. The zero-order chi connectivity index (χ0) is 8.81. The Morgan fingerprint density at radius 3 is 2.92 bits per heavy atom. The Hall–Kier alpha value is -0.760. The molecule has 3 heteroatoms. The normalized spacial score (nSPS) is 10.1. The van der Waals surface area contributed by atoms with E-state index in [1.165, 1.54) is 0 Å². The van der Waals surface area contributed by atoms with Gasteiger partial charge in [-0.2, -0.15) is 0 Å². The van der Waals surface area contributed by atoms with Crippen molar-refractivity contribution in [3.63, 3.8) is 0 Å². The van der Waals surface area contributed by atoms with Crippen molar-refractivity contribution in [2.24, 2.45) is 0 Å². The van der Waals surface area contributed by atoms with Gasteiger partial charge in [-0.1, -0.05) is 0 Å². The maximum Gasteiger partial charge on any atom is 0.164 e. The summed E-state index contributed by atoms with van der Waals surface area (Å²) >= 11 is 5.49. The van der Waals surface area contributed by atoms with Crippen molar-refractivity contribution in [2.45, 2.75) is 19.3 Å². The number of hydrogen-bond acceptors (Lipinski definition) is 1. The van der Waals surface area contributed by atoms with E-state index in [2.05, 4.69) is 4.98 Å². The number of nitrogens with one attached hydrogen (secondary N) is 1. The average molecular weight is 186 g/mol. The van der Waals surface area contributed by atoms with Crippen LogP contribution in [0.4, 0.5) is 0 Å². The molecule has 0 atom stereocenters. The molecular weight excluding hydrogens is 174 g/mol. The van der Waals surface area contributed by atoms with Gasteiger partial charge in [0.15, 0.2) is 5.78 Å². The summed E-state index contributed by atoms with van der Waals surface area (Å²) in [6, 6.07) is 1.79. The Morgan fingerprint density at radius 1 is 1.50 bits per heavy atom. The minimum atomic E-state index is 0.196. The summed E-state index contributed by atoms with van der Waals surface area (Å²) in [5, 5.41) is 0. The maximum atomic E-state index is 11.3. The quantitative estimate of drug-likeness (QED) is 0.427. The molecule has 0 amide bonds. The number of hydrogen-bond donors (Lipinski definition) is 1. The third kappa shape index (κ3) is 2.70. The highest BCUT2D eigenvalue weighted by Gasteiger charge is 2.04. The third-order valence-corrected chi connectivity index (χ3v) is 1.97. The van der Waals surface area contributed by atoms with Crippen molar-refractivity contribution in [2.75, 3.05) is 5.88 Å². The predicted octanol–water partition coefficient (Wildman–Crippen LogP) is 2.61. The lowest BCUT2D eigenvalue weighted by molar-refractivity contribution is 0.0980. The lowest BCUT2D eigenvalue weighted by Crippen LogP contribution is -1.96. The van der Waals surface area contributed by atoms with Gasteiger partial charge in [-0.15, -0.1) is 11.6 Å². The van der Waals surface area contributed by atoms with Crippen molar-refractivity contribution in [1.29, 1.82) is 0 Å². The summed E-state index contributed by atoms with van der Waals surface area (Å²) in [4.78, 5) is 14.2. The first-order valence-electron chi connectivity index (χ1n) is 4.06. The molecule has 0 fully saturated rings. The number of carbonyl (C=O) groups is 1. The van der Waals surface area contributed by atoms with Crippen LogP contribution in [0.1, 0.15) is 29.6 Å². The van der Waals surface area contributed by atoms with Gasteiger partial charge in [-0.25, -0.2) is 0 Å². The lowest BCUT2D eigenvalue weighted by atomic mass is 10.1. The van der Waals surface area contributed by atoms with Crippen LogP contribution in [0.3, 0.4) is 0 Å². The van der Waals surface area contributed by atoms with Gasteiger partial charge in [0.2, 0.25) is 0 Å². The van der Waals surface area contributed by atoms with E-state index in [0.717, 1.165) is 18.4 Å². The van der Waals surface area contributed by atoms with E-state index in [9.17, 15) is 4.79 Å². The highest BCUT2D eigenvalue weighted by Crippen LogP contribution is 2.06. The first-order valence-corrected chi connectivity index (χ1v) is 4.60. The van der Waals surface area contributed by atoms with E-state index in [1.807, 2.05) is 0 Å². The molecule has 0 spiro atoms. The second kappa shape index (κ2) is 4.99. The fourth-order valence-corrected chi connectivity index (χ4v) is 1.21. The molecule has 1 heterocycles. The molecule has 66 valence electrons. The summed E-state index contributed by atoms with van der Waals surface area (Å²) in [5.74, 6) is 0.835. The maximum absolute atomic E-state index is 11.3. The second-order valence-electron chi connectivity index (χ2n) is 2.67. The first kappa shape index (κ1) is 9.33. The standard InChI is InChI=1S/C9H12ClNO/c10-5-2-1-3-9(12)8-4-6-11-7-8/h4,6-7,11H,1-3,5H2. The number of aromatic nitrogens is 1. The van der Waals surface area contributed by atoms with Gasteiger partial charge in [-0.3, -0.25) is 4.79 Å². The summed E-state index contributed by atoms with van der Waals surface area (Å²) in [6.07, 6.45) is 5.88. The molecule has 12 heavy (non-hydrogen) atoms. The van der Waals surface area contributed by atoms with Gasteiger partial charge in [0, 0.05) is 30.3 Å². The molecule has 0 aliphatic rings. The number of halogens is 1. The van der Waals surface area contributed by atoms with Crippen LogP contribution in [-0.4, -0.2) is 16.6 Å². The number of Topliss-reactive ketones (excluding diaryl/α,β-unsaturated/α-hetero) is 1. The molecular formula is C9H12ClNO. The van der Waals surface area contributed by atoms with Gasteiger partial charge in [0.1, 0.15) is 0 Å². The number of unbranched alkanes of at least 4 members (excludes halogenated alkanes) is 1. The fourth-order valence-electron chi connectivity index (χ4n) is 1.02. The monoisotopic (exact) mass is 185 g/mol.